The minimum absolute atomic E-state index is 0.0235. The number of methoxy groups -OCH3 is 4. The summed E-state index contributed by atoms with van der Waals surface area (Å²) in [5.41, 5.74) is 0.0266. The third-order valence-electron chi connectivity index (χ3n) is 3.72. The molecule has 0 heterocycles. The Morgan fingerprint density at radius 3 is 2.04 bits per heavy atom. The first-order valence-electron chi connectivity index (χ1n) is 7.79. The molecule has 0 amide bonds. The number of benzene rings is 2. The third-order valence-corrected chi connectivity index (χ3v) is 3.72. The summed E-state index contributed by atoms with van der Waals surface area (Å²) in [6, 6.07) is 6.44. The quantitative estimate of drug-likeness (QED) is 0.516. The number of esters is 1. The highest BCUT2D eigenvalue weighted by Gasteiger charge is 2.23. The molecule has 7 nitrogen and oxygen atoms in total. The Labute approximate surface area is 155 Å². The lowest BCUT2D eigenvalue weighted by atomic mass is 10.1. The summed E-state index contributed by atoms with van der Waals surface area (Å²) in [6.45, 7) is -0.601. The van der Waals surface area contributed by atoms with Gasteiger partial charge in [-0.05, 0) is 30.3 Å². The van der Waals surface area contributed by atoms with Crippen LogP contribution in [0.5, 0.6) is 23.0 Å². The summed E-state index contributed by atoms with van der Waals surface area (Å²) in [5.74, 6) is -1.15. The largest absolute Gasteiger partial charge is 0.496 e. The zero-order valence-electron chi connectivity index (χ0n) is 15.3. The van der Waals surface area contributed by atoms with Crippen molar-refractivity contribution < 1.29 is 37.7 Å². The first kappa shape index (κ1) is 20.0. The highest BCUT2D eigenvalue weighted by Crippen LogP contribution is 2.40. The maximum atomic E-state index is 13.4. The second kappa shape index (κ2) is 8.88. The lowest BCUT2D eigenvalue weighted by Gasteiger charge is -2.15. The van der Waals surface area contributed by atoms with Crippen LogP contribution in [0.2, 0.25) is 0 Å². The molecule has 0 bridgehead atoms. The van der Waals surface area contributed by atoms with Crippen LogP contribution in [0.15, 0.2) is 30.3 Å². The van der Waals surface area contributed by atoms with Gasteiger partial charge in [0.1, 0.15) is 17.1 Å². The van der Waals surface area contributed by atoms with E-state index in [2.05, 4.69) is 0 Å². The van der Waals surface area contributed by atoms with Crippen molar-refractivity contribution in [2.75, 3.05) is 35.0 Å². The number of carbonyl (C=O) groups excluding carboxylic acids is 2. The maximum absolute atomic E-state index is 13.4. The van der Waals surface area contributed by atoms with Gasteiger partial charge in [-0.1, -0.05) is 0 Å². The molecule has 0 N–H and O–H groups in total. The van der Waals surface area contributed by atoms with E-state index < -0.39 is 24.2 Å². The van der Waals surface area contributed by atoms with Gasteiger partial charge in [0.25, 0.3) is 0 Å². The van der Waals surface area contributed by atoms with E-state index in [1.54, 1.807) is 0 Å². The van der Waals surface area contributed by atoms with Crippen LogP contribution in [0, 0.1) is 5.82 Å². The summed E-state index contributed by atoms with van der Waals surface area (Å²) in [5, 5.41) is 0. The first-order chi connectivity index (χ1) is 13.0. The zero-order valence-corrected chi connectivity index (χ0v) is 15.3. The van der Waals surface area contributed by atoms with E-state index in [-0.39, 0.29) is 28.4 Å². The van der Waals surface area contributed by atoms with E-state index >= 15 is 0 Å². The first-order valence-corrected chi connectivity index (χ1v) is 7.79. The summed E-state index contributed by atoms with van der Waals surface area (Å²) in [6.07, 6.45) is 0. The molecule has 0 saturated heterocycles. The SMILES string of the molecule is COc1ccc(F)cc1C(=O)COC(=O)c1ccc(OC)c(OC)c1OC. The van der Waals surface area contributed by atoms with E-state index in [1.807, 2.05) is 0 Å². The average Bonchev–Trinajstić information content (AvgIpc) is 2.70. The molecule has 27 heavy (non-hydrogen) atoms. The van der Waals surface area contributed by atoms with Crippen LogP contribution < -0.4 is 18.9 Å². The van der Waals surface area contributed by atoms with Gasteiger partial charge in [-0.15, -0.1) is 0 Å². The number of ketones is 1. The Kier molecular flexibility index (Phi) is 6.59. The summed E-state index contributed by atoms with van der Waals surface area (Å²) >= 11 is 0. The van der Waals surface area contributed by atoms with Gasteiger partial charge in [0.05, 0.1) is 34.0 Å². The van der Waals surface area contributed by atoms with Crippen molar-refractivity contribution >= 4 is 11.8 Å². The highest BCUT2D eigenvalue weighted by atomic mass is 19.1. The summed E-state index contributed by atoms with van der Waals surface area (Å²) < 4.78 is 39.1. The lowest BCUT2D eigenvalue weighted by Crippen LogP contribution is -2.16. The van der Waals surface area contributed by atoms with Gasteiger partial charge in [-0.2, -0.15) is 0 Å². The summed E-state index contributed by atoms with van der Waals surface area (Å²) in [4.78, 5) is 24.7. The number of rotatable bonds is 8. The molecule has 0 aliphatic carbocycles. The number of ether oxygens (including phenoxy) is 5. The van der Waals surface area contributed by atoms with Gasteiger partial charge in [0.2, 0.25) is 11.5 Å². The molecule has 2 aromatic rings. The van der Waals surface area contributed by atoms with Crippen molar-refractivity contribution in [2.45, 2.75) is 0 Å². The third kappa shape index (κ3) is 4.28. The second-order valence-corrected chi connectivity index (χ2v) is 5.23. The Bertz CT molecular complexity index is 848. The highest BCUT2D eigenvalue weighted by molar-refractivity contribution is 6.02. The molecule has 8 heteroatoms. The van der Waals surface area contributed by atoms with Crippen LogP contribution in [-0.4, -0.2) is 46.8 Å². The smallest absolute Gasteiger partial charge is 0.342 e. The van der Waals surface area contributed by atoms with Crippen LogP contribution in [0.4, 0.5) is 4.39 Å². The minimum atomic E-state index is -0.809. The van der Waals surface area contributed by atoms with Crippen molar-refractivity contribution in [3.63, 3.8) is 0 Å². The molecule has 0 radical (unpaired) electrons. The topological polar surface area (TPSA) is 80.3 Å². The van der Waals surface area contributed by atoms with E-state index in [0.29, 0.717) is 5.75 Å². The standard InChI is InChI=1S/C19H19FO7/c1-23-15-7-5-11(20)9-13(15)14(21)10-27-19(22)12-6-8-16(24-2)18(26-4)17(12)25-3/h5-9H,10H2,1-4H3. The molecule has 0 aromatic heterocycles. The molecule has 0 unspecified atom stereocenters. The zero-order chi connectivity index (χ0) is 20.0. The Morgan fingerprint density at radius 2 is 1.44 bits per heavy atom. The molecule has 144 valence electrons. The van der Waals surface area contributed by atoms with Crippen LogP contribution >= 0.6 is 0 Å². The van der Waals surface area contributed by atoms with Gasteiger partial charge < -0.3 is 23.7 Å². The van der Waals surface area contributed by atoms with Crippen molar-refractivity contribution in [3.05, 3.63) is 47.3 Å². The van der Waals surface area contributed by atoms with E-state index in [4.69, 9.17) is 23.7 Å². The van der Waals surface area contributed by atoms with Crippen molar-refractivity contribution in [1.82, 2.24) is 0 Å². The average molecular weight is 378 g/mol. The van der Waals surface area contributed by atoms with Crippen LogP contribution in [-0.2, 0) is 4.74 Å². The molecule has 2 rings (SSSR count). The lowest BCUT2D eigenvalue weighted by molar-refractivity contribution is 0.0470. The van der Waals surface area contributed by atoms with E-state index in [0.717, 1.165) is 12.1 Å². The number of Topliss-reactive ketones (excluding diaryl/α,β-unsaturated/α-hetero) is 1. The van der Waals surface area contributed by atoms with Gasteiger partial charge in [-0.25, -0.2) is 9.18 Å². The van der Waals surface area contributed by atoms with E-state index in [9.17, 15) is 14.0 Å². The monoisotopic (exact) mass is 378 g/mol. The van der Waals surface area contributed by atoms with Gasteiger partial charge >= 0.3 is 5.97 Å². The summed E-state index contributed by atoms with van der Waals surface area (Å²) in [7, 11) is 5.55. The molecule has 0 spiro atoms. The molecule has 0 fully saturated rings. The molecular weight excluding hydrogens is 359 g/mol. The van der Waals surface area contributed by atoms with E-state index in [1.165, 1.54) is 46.6 Å². The Balaban J connectivity index is 2.21. The predicted octanol–water partition coefficient (Wildman–Crippen LogP) is 2.90. The number of halogens is 1. The minimum Gasteiger partial charge on any atom is -0.496 e. The van der Waals surface area contributed by atoms with Crippen molar-refractivity contribution in [1.29, 1.82) is 0 Å². The Hall–Kier alpha value is -3.29. The maximum Gasteiger partial charge on any atom is 0.342 e. The van der Waals surface area contributed by atoms with Gasteiger partial charge in [-0.3, -0.25) is 4.79 Å². The molecule has 0 saturated carbocycles. The predicted molar refractivity (Wildman–Crippen MR) is 93.7 cm³/mol. The molecule has 2 aromatic carbocycles. The molecule has 0 aliphatic rings. The fourth-order valence-corrected chi connectivity index (χ4v) is 2.45. The second-order valence-electron chi connectivity index (χ2n) is 5.23. The van der Waals surface area contributed by atoms with Crippen LogP contribution in [0.3, 0.4) is 0 Å². The molecule has 0 atom stereocenters. The molecular formula is C19H19FO7. The van der Waals surface area contributed by atoms with Gasteiger partial charge in [0, 0.05) is 0 Å². The van der Waals surface area contributed by atoms with Crippen LogP contribution in [0.25, 0.3) is 0 Å². The normalized spacial score (nSPS) is 10.1. The van der Waals surface area contributed by atoms with Crippen molar-refractivity contribution in [3.8, 4) is 23.0 Å². The fourth-order valence-electron chi connectivity index (χ4n) is 2.45. The van der Waals surface area contributed by atoms with Gasteiger partial charge in [0.15, 0.2) is 18.1 Å². The van der Waals surface area contributed by atoms with Crippen LogP contribution in [0.1, 0.15) is 20.7 Å². The Morgan fingerprint density at radius 1 is 0.815 bits per heavy atom. The number of hydrogen-bond acceptors (Lipinski definition) is 7. The number of hydrogen-bond donors (Lipinski definition) is 0. The molecule has 0 aliphatic heterocycles. The van der Waals surface area contributed by atoms with Crippen molar-refractivity contribution in [2.24, 2.45) is 0 Å². The fraction of sp³-hybridized carbons (Fsp3) is 0.263. The number of carbonyl (C=O) groups is 2.